The van der Waals surface area contributed by atoms with E-state index >= 15 is 0 Å². The van der Waals surface area contributed by atoms with Gasteiger partial charge in [-0.2, -0.15) is 0 Å². The van der Waals surface area contributed by atoms with E-state index in [0.29, 0.717) is 6.42 Å². The van der Waals surface area contributed by atoms with Gasteiger partial charge < -0.3 is 9.72 Å². The van der Waals surface area contributed by atoms with Gasteiger partial charge in [0.1, 0.15) is 5.75 Å². The van der Waals surface area contributed by atoms with E-state index in [1.807, 2.05) is 25.1 Å². The van der Waals surface area contributed by atoms with Gasteiger partial charge in [0.05, 0.1) is 12.9 Å². The molecule has 1 unspecified atom stereocenters. The molecule has 126 valence electrons. The number of nitrogens with one attached hydrogen (secondary N) is 2. The SMILES string of the molecule is CCCCS(=O)(=O)NC1CCc2[nH]c3ccc(OC)cc3c2C1. The summed E-state index contributed by atoms with van der Waals surface area (Å²) in [5, 5.41) is 1.14. The molecule has 1 aromatic heterocycles. The fourth-order valence-electron chi connectivity index (χ4n) is 3.27. The van der Waals surface area contributed by atoms with Crippen molar-refractivity contribution in [2.75, 3.05) is 12.9 Å². The Bertz CT molecular complexity index is 796. The van der Waals surface area contributed by atoms with Crippen molar-refractivity contribution in [2.24, 2.45) is 0 Å². The minimum absolute atomic E-state index is 0.0189. The molecule has 5 nitrogen and oxygen atoms in total. The van der Waals surface area contributed by atoms with Gasteiger partial charge in [-0.25, -0.2) is 13.1 Å². The van der Waals surface area contributed by atoms with E-state index < -0.39 is 10.0 Å². The van der Waals surface area contributed by atoms with Crippen LogP contribution in [0.4, 0.5) is 0 Å². The predicted molar refractivity (Wildman–Crippen MR) is 92.5 cm³/mol. The van der Waals surface area contributed by atoms with Gasteiger partial charge in [-0.15, -0.1) is 0 Å². The fraction of sp³-hybridized carbons (Fsp3) is 0.529. The standard InChI is InChI=1S/C17H24N2O3S/c1-3-4-9-23(20,21)19-12-5-7-16-14(10-12)15-11-13(22-2)6-8-17(15)18-16/h6,8,11-12,18-19H,3-5,7,9-10H2,1-2H3. The molecule has 0 aliphatic heterocycles. The van der Waals surface area contributed by atoms with Gasteiger partial charge in [0, 0.05) is 22.6 Å². The third kappa shape index (κ3) is 3.53. The average Bonchev–Trinajstić information content (AvgIpc) is 2.89. The van der Waals surface area contributed by atoms with Gasteiger partial charge in [0.2, 0.25) is 10.0 Å². The molecule has 1 aliphatic carbocycles. The molecule has 0 fully saturated rings. The highest BCUT2D eigenvalue weighted by molar-refractivity contribution is 7.89. The van der Waals surface area contributed by atoms with E-state index in [9.17, 15) is 8.42 Å². The molecule has 6 heteroatoms. The van der Waals surface area contributed by atoms with Gasteiger partial charge in [-0.3, -0.25) is 0 Å². The maximum atomic E-state index is 12.1. The van der Waals surface area contributed by atoms with E-state index in [2.05, 4.69) is 9.71 Å². The molecule has 1 heterocycles. The lowest BCUT2D eigenvalue weighted by molar-refractivity contribution is 0.415. The minimum atomic E-state index is -3.18. The monoisotopic (exact) mass is 336 g/mol. The summed E-state index contributed by atoms with van der Waals surface area (Å²) in [6.07, 6.45) is 4.03. The molecule has 3 rings (SSSR count). The molecule has 0 saturated carbocycles. The van der Waals surface area contributed by atoms with Crippen LogP contribution in [0, 0.1) is 0 Å². The number of unbranched alkanes of at least 4 members (excludes halogenated alkanes) is 1. The summed E-state index contributed by atoms with van der Waals surface area (Å²) in [5.41, 5.74) is 3.52. The lowest BCUT2D eigenvalue weighted by Gasteiger charge is -2.23. The number of methoxy groups -OCH3 is 1. The van der Waals surface area contributed by atoms with Gasteiger partial charge in [0.15, 0.2) is 0 Å². The number of sulfonamides is 1. The van der Waals surface area contributed by atoms with Crippen LogP contribution in [0.2, 0.25) is 0 Å². The molecule has 0 radical (unpaired) electrons. The molecular weight excluding hydrogens is 312 g/mol. The molecule has 0 saturated heterocycles. The third-order valence-corrected chi connectivity index (χ3v) is 6.03. The number of benzene rings is 1. The van der Waals surface area contributed by atoms with Crippen molar-refractivity contribution in [2.45, 2.75) is 45.1 Å². The summed E-state index contributed by atoms with van der Waals surface area (Å²) in [6, 6.07) is 5.97. The van der Waals surface area contributed by atoms with Crippen molar-refractivity contribution < 1.29 is 13.2 Å². The lowest BCUT2D eigenvalue weighted by atomic mass is 9.92. The summed E-state index contributed by atoms with van der Waals surface area (Å²) in [6.45, 7) is 2.00. The number of fused-ring (bicyclic) bond motifs is 3. The second-order valence-electron chi connectivity index (χ2n) is 6.22. The van der Waals surface area contributed by atoms with Crippen LogP contribution in [0.3, 0.4) is 0 Å². The first kappa shape index (κ1) is 16.3. The highest BCUT2D eigenvalue weighted by Gasteiger charge is 2.25. The number of rotatable bonds is 6. The topological polar surface area (TPSA) is 71.2 Å². The molecule has 0 bridgehead atoms. The summed E-state index contributed by atoms with van der Waals surface area (Å²) in [7, 11) is -1.52. The normalized spacial score (nSPS) is 18.1. The lowest BCUT2D eigenvalue weighted by Crippen LogP contribution is -2.39. The zero-order valence-corrected chi connectivity index (χ0v) is 14.5. The van der Waals surface area contributed by atoms with Gasteiger partial charge >= 0.3 is 0 Å². The number of H-pyrrole nitrogens is 1. The summed E-state index contributed by atoms with van der Waals surface area (Å²) < 4.78 is 32.5. The second kappa shape index (κ2) is 6.53. The van der Waals surface area contributed by atoms with E-state index in [0.717, 1.165) is 42.3 Å². The van der Waals surface area contributed by atoms with Crippen molar-refractivity contribution in [1.29, 1.82) is 0 Å². The Morgan fingerprint density at radius 3 is 2.96 bits per heavy atom. The summed E-state index contributed by atoms with van der Waals surface area (Å²) in [5.74, 6) is 1.04. The molecule has 1 aromatic carbocycles. The van der Waals surface area contributed by atoms with Gasteiger partial charge in [-0.1, -0.05) is 13.3 Å². The van der Waals surface area contributed by atoms with Crippen LogP contribution in [0.15, 0.2) is 18.2 Å². The largest absolute Gasteiger partial charge is 0.497 e. The first-order chi connectivity index (χ1) is 11.0. The quantitative estimate of drug-likeness (QED) is 0.852. The molecule has 2 N–H and O–H groups in total. The van der Waals surface area contributed by atoms with Crippen LogP contribution in [-0.4, -0.2) is 32.3 Å². The number of aromatic nitrogens is 1. The van der Waals surface area contributed by atoms with E-state index in [4.69, 9.17) is 4.74 Å². The molecule has 1 aliphatic rings. The Morgan fingerprint density at radius 1 is 1.39 bits per heavy atom. The van der Waals surface area contributed by atoms with Crippen LogP contribution in [-0.2, 0) is 22.9 Å². The van der Waals surface area contributed by atoms with Crippen molar-refractivity contribution in [3.05, 3.63) is 29.5 Å². The summed E-state index contributed by atoms with van der Waals surface area (Å²) in [4.78, 5) is 3.45. The Morgan fingerprint density at radius 2 is 2.22 bits per heavy atom. The van der Waals surface area contributed by atoms with Crippen LogP contribution >= 0.6 is 0 Å². The Labute approximate surface area is 137 Å². The number of hydrogen-bond donors (Lipinski definition) is 2. The maximum Gasteiger partial charge on any atom is 0.211 e. The van der Waals surface area contributed by atoms with Crippen LogP contribution in [0.25, 0.3) is 10.9 Å². The van der Waals surface area contributed by atoms with Crippen molar-refractivity contribution in [1.82, 2.24) is 9.71 Å². The zero-order chi connectivity index (χ0) is 16.4. The molecule has 0 spiro atoms. The molecule has 2 aromatic rings. The third-order valence-electron chi connectivity index (χ3n) is 4.51. The average molecular weight is 336 g/mol. The first-order valence-corrected chi connectivity index (χ1v) is 9.85. The van der Waals surface area contributed by atoms with Crippen LogP contribution in [0.5, 0.6) is 5.75 Å². The van der Waals surface area contributed by atoms with E-state index in [1.54, 1.807) is 7.11 Å². The van der Waals surface area contributed by atoms with Gasteiger partial charge in [0.25, 0.3) is 0 Å². The number of aromatic amines is 1. The Balaban J connectivity index is 1.82. The summed E-state index contributed by atoms with van der Waals surface area (Å²) >= 11 is 0. The van der Waals surface area contributed by atoms with Crippen molar-refractivity contribution >= 4 is 20.9 Å². The number of ether oxygens (including phenoxy) is 1. The van der Waals surface area contributed by atoms with Crippen molar-refractivity contribution in [3.8, 4) is 5.75 Å². The molecule has 1 atom stereocenters. The first-order valence-electron chi connectivity index (χ1n) is 8.20. The van der Waals surface area contributed by atoms with Crippen LogP contribution in [0.1, 0.15) is 37.4 Å². The minimum Gasteiger partial charge on any atom is -0.497 e. The Hall–Kier alpha value is -1.53. The van der Waals surface area contributed by atoms with Crippen LogP contribution < -0.4 is 9.46 Å². The van der Waals surface area contributed by atoms with Gasteiger partial charge in [-0.05, 0) is 49.4 Å². The smallest absolute Gasteiger partial charge is 0.211 e. The fourth-order valence-corrected chi connectivity index (χ4v) is 4.77. The van der Waals surface area contributed by atoms with E-state index in [-0.39, 0.29) is 11.8 Å². The molecular formula is C17H24N2O3S. The number of aryl methyl sites for hydroxylation is 1. The Kier molecular flexibility index (Phi) is 4.64. The molecule has 23 heavy (non-hydrogen) atoms. The predicted octanol–water partition coefficient (Wildman–Crippen LogP) is 2.75. The number of hydrogen-bond acceptors (Lipinski definition) is 3. The van der Waals surface area contributed by atoms with Crippen molar-refractivity contribution in [3.63, 3.8) is 0 Å². The molecule has 0 amide bonds. The zero-order valence-electron chi connectivity index (χ0n) is 13.7. The second-order valence-corrected chi connectivity index (χ2v) is 8.10. The highest BCUT2D eigenvalue weighted by Crippen LogP contribution is 2.31. The van der Waals surface area contributed by atoms with E-state index in [1.165, 1.54) is 11.3 Å². The highest BCUT2D eigenvalue weighted by atomic mass is 32.2. The maximum absolute atomic E-state index is 12.1.